The number of nitrogens with two attached hydrogens (primary N) is 1. The molecule has 0 saturated heterocycles. The molecule has 6 heteroatoms. The molecule has 102 valence electrons. The van der Waals surface area contributed by atoms with Crippen molar-refractivity contribution in [1.82, 2.24) is 0 Å². The zero-order valence-corrected chi connectivity index (χ0v) is 10.5. The Morgan fingerprint density at radius 2 is 2.00 bits per heavy atom. The Labute approximate surface area is 109 Å². The Bertz CT molecular complexity index is 382. The molecule has 0 aliphatic carbocycles. The maximum atomic E-state index is 12.0. The van der Waals surface area contributed by atoms with E-state index in [1.807, 2.05) is 0 Å². The number of halogens is 4. The lowest BCUT2D eigenvalue weighted by atomic mass is 10.1. The molecule has 1 rings (SSSR count). The highest BCUT2D eigenvalue weighted by molar-refractivity contribution is 6.32. The number of rotatable bonds is 6. The Kier molecular flexibility index (Phi) is 5.75. The van der Waals surface area contributed by atoms with Crippen molar-refractivity contribution in [2.75, 3.05) is 13.2 Å². The molecule has 0 atom stereocenters. The van der Waals surface area contributed by atoms with Gasteiger partial charge in [-0.3, -0.25) is 0 Å². The van der Waals surface area contributed by atoms with Crippen LogP contribution in [0.3, 0.4) is 0 Å². The molecular formula is C12H15ClF3NO. The van der Waals surface area contributed by atoms with Crippen LogP contribution in [0.4, 0.5) is 13.2 Å². The molecule has 0 radical (unpaired) electrons. The molecule has 0 aliphatic heterocycles. The normalized spacial score (nSPS) is 11.6. The first-order valence-corrected chi connectivity index (χ1v) is 5.99. The van der Waals surface area contributed by atoms with Crippen LogP contribution in [0, 0.1) is 0 Å². The standard InChI is InChI=1S/C12H15ClF3NO/c13-10-4-1-3-9(5-7-17)11(10)18-8-2-6-12(14,15)16/h1,3-4H,2,5-8,17H2. The summed E-state index contributed by atoms with van der Waals surface area (Å²) in [6.45, 7) is 0.417. The summed E-state index contributed by atoms with van der Waals surface area (Å²) in [7, 11) is 0. The van der Waals surface area contributed by atoms with E-state index in [2.05, 4.69) is 0 Å². The van der Waals surface area contributed by atoms with Crippen molar-refractivity contribution in [3.63, 3.8) is 0 Å². The smallest absolute Gasteiger partial charge is 0.389 e. The van der Waals surface area contributed by atoms with Gasteiger partial charge in [0, 0.05) is 6.42 Å². The highest BCUT2D eigenvalue weighted by atomic mass is 35.5. The van der Waals surface area contributed by atoms with E-state index in [4.69, 9.17) is 22.1 Å². The van der Waals surface area contributed by atoms with E-state index in [-0.39, 0.29) is 13.0 Å². The average Bonchev–Trinajstić information content (AvgIpc) is 2.26. The summed E-state index contributed by atoms with van der Waals surface area (Å²) < 4.78 is 41.2. The summed E-state index contributed by atoms with van der Waals surface area (Å²) in [4.78, 5) is 0. The van der Waals surface area contributed by atoms with Crippen LogP contribution < -0.4 is 10.5 Å². The van der Waals surface area contributed by atoms with E-state index >= 15 is 0 Å². The lowest BCUT2D eigenvalue weighted by Gasteiger charge is -2.13. The quantitative estimate of drug-likeness (QED) is 0.809. The van der Waals surface area contributed by atoms with Gasteiger partial charge in [0.15, 0.2) is 0 Å². The number of hydrogen-bond acceptors (Lipinski definition) is 2. The van der Waals surface area contributed by atoms with E-state index in [1.54, 1.807) is 18.2 Å². The molecule has 18 heavy (non-hydrogen) atoms. The predicted octanol–water partition coefficient (Wildman–Crippen LogP) is 3.56. The molecule has 1 aromatic carbocycles. The van der Waals surface area contributed by atoms with Gasteiger partial charge in [0.2, 0.25) is 0 Å². The molecule has 0 saturated carbocycles. The minimum Gasteiger partial charge on any atom is -0.492 e. The summed E-state index contributed by atoms with van der Waals surface area (Å²) in [5.74, 6) is 0.437. The molecule has 2 nitrogen and oxygen atoms in total. The summed E-state index contributed by atoms with van der Waals surface area (Å²) in [6.07, 6.45) is -4.51. The van der Waals surface area contributed by atoms with Crippen molar-refractivity contribution in [1.29, 1.82) is 0 Å². The van der Waals surface area contributed by atoms with E-state index in [9.17, 15) is 13.2 Å². The zero-order valence-electron chi connectivity index (χ0n) is 9.77. The van der Waals surface area contributed by atoms with Crippen molar-refractivity contribution >= 4 is 11.6 Å². The first-order valence-electron chi connectivity index (χ1n) is 5.61. The van der Waals surface area contributed by atoms with E-state index in [1.165, 1.54) is 0 Å². The van der Waals surface area contributed by atoms with Gasteiger partial charge in [0.25, 0.3) is 0 Å². The lowest BCUT2D eigenvalue weighted by Crippen LogP contribution is -2.11. The van der Waals surface area contributed by atoms with Crippen molar-refractivity contribution in [2.24, 2.45) is 5.73 Å². The molecule has 0 aliphatic rings. The molecule has 2 N–H and O–H groups in total. The summed E-state index contributed by atoms with van der Waals surface area (Å²) in [5, 5.41) is 0.396. The van der Waals surface area contributed by atoms with Gasteiger partial charge in [-0.15, -0.1) is 0 Å². The van der Waals surface area contributed by atoms with Crippen LogP contribution in [-0.2, 0) is 6.42 Å². The van der Waals surface area contributed by atoms with E-state index in [0.717, 1.165) is 5.56 Å². The van der Waals surface area contributed by atoms with Gasteiger partial charge >= 0.3 is 6.18 Å². The van der Waals surface area contributed by atoms with Crippen LogP contribution in [0.2, 0.25) is 5.02 Å². The number of ether oxygens (including phenoxy) is 1. The van der Waals surface area contributed by atoms with E-state index < -0.39 is 12.6 Å². The van der Waals surface area contributed by atoms with Crippen molar-refractivity contribution in [3.05, 3.63) is 28.8 Å². The monoisotopic (exact) mass is 281 g/mol. The number of alkyl halides is 3. The third kappa shape index (κ3) is 5.14. The maximum absolute atomic E-state index is 12.0. The summed E-state index contributed by atoms with van der Waals surface area (Å²) in [6, 6.07) is 5.20. The molecule has 0 heterocycles. The SMILES string of the molecule is NCCc1cccc(Cl)c1OCCCC(F)(F)F. The van der Waals surface area contributed by atoms with Gasteiger partial charge in [-0.25, -0.2) is 0 Å². The molecule has 0 bridgehead atoms. The van der Waals surface area contributed by atoms with Gasteiger partial charge in [-0.2, -0.15) is 13.2 Å². The van der Waals surface area contributed by atoms with E-state index in [0.29, 0.717) is 23.7 Å². The maximum Gasteiger partial charge on any atom is 0.389 e. The number of para-hydroxylation sites is 1. The third-order valence-corrected chi connectivity index (χ3v) is 2.61. The fourth-order valence-electron chi connectivity index (χ4n) is 1.51. The second-order valence-electron chi connectivity index (χ2n) is 3.83. The van der Waals surface area contributed by atoms with Crippen LogP contribution in [0.25, 0.3) is 0 Å². The first-order chi connectivity index (χ1) is 8.44. The molecule has 0 aromatic heterocycles. The topological polar surface area (TPSA) is 35.2 Å². The Balaban J connectivity index is 2.55. The largest absolute Gasteiger partial charge is 0.492 e. The first kappa shape index (κ1) is 15.1. The summed E-state index contributed by atoms with van der Waals surface area (Å²) >= 11 is 5.95. The number of benzene rings is 1. The minimum absolute atomic E-state index is 0.0131. The predicted molar refractivity (Wildman–Crippen MR) is 65.0 cm³/mol. The third-order valence-electron chi connectivity index (χ3n) is 2.31. The van der Waals surface area contributed by atoms with Crippen molar-refractivity contribution in [2.45, 2.75) is 25.4 Å². The number of hydrogen-bond donors (Lipinski definition) is 1. The molecule has 1 aromatic rings. The summed E-state index contributed by atoms with van der Waals surface area (Å²) in [5.41, 5.74) is 6.26. The Morgan fingerprint density at radius 3 is 2.61 bits per heavy atom. The molecule has 0 unspecified atom stereocenters. The van der Waals surface area contributed by atoms with Crippen molar-refractivity contribution < 1.29 is 17.9 Å². The molecule has 0 amide bonds. The van der Waals surface area contributed by atoms with Gasteiger partial charge < -0.3 is 10.5 Å². The lowest BCUT2D eigenvalue weighted by molar-refractivity contribution is -0.136. The van der Waals surface area contributed by atoms with Gasteiger partial charge in [0.1, 0.15) is 5.75 Å². The van der Waals surface area contributed by atoms with Gasteiger partial charge in [-0.05, 0) is 31.0 Å². The van der Waals surface area contributed by atoms with Crippen LogP contribution in [0.15, 0.2) is 18.2 Å². The van der Waals surface area contributed by atoms with Gasteiger partial charge in [-0.1, -0.05) is 23.7 Å². The fourth-order valence-corrected chi connectivity index (χ4v) is 1.76. The highest BCUT2D eigenvalue weighted by Crippen LogP contribution is 2.29. The highest BCUT2D eigenvalue weighted by Gasteiger charge is 2.26. The fraction of sp³-hybridized carbons (Fsp3) is 0.500. The minimum atomic E-state index is -4.15. The van der Waals surface area contributed by atoms with Gasteiger partial charge in [0.05, 0.1) is 11.6 Å². The van der Waals surface area contributed by atoms with Crippen LogP contribution in [-0.4, -0.2) is 19.3 Å². The van der Waals surface area contributed by atoms with Crippen LogP contribution >= 0.6 is 11.6 Å². The molecule has 0 spiro atoms. The van der Waals surface area contributed by atoms with Crippen molar-refractivity contribution in [3.8, 4) is 5.75 Å². The zero-order chi connectivity index (χ0) is 13.6. The molecule has 0 fully saturated rings. The van der Waals surface area contributed by atoms with Crippen LogP contribution in [0.1, 0.15) is 18.4 Å². The average molecular weight is 282 g/mol. The second-order valence-corrected chi connectivity index (χ2v) is 4.24. The second kappa shape index (κ2) is 6.85. The Hall–Kier alpha value is -0.940. The van der Waals surface area contributed by atoms with Crippen LogP contribution in [0.5, 0.6) is 5.75 Å². The Morgan fingerprint density at radius 1 is 1.28 bits per heavy atom. The molecular weight excluding hydrogens is 267 g/mol.